The molecule has 1 amide bonds. The van der Waals surface area contributed by atoms with Crippen LogP contribution in [0.3, 0.4) is 0 Å². The number of carbonyl (C=O) groups is 2. The van der Waals surface area contributed by atoms with Crippen LogP contribution in [0.2, 0.25) is 0 Å². The van der Waals surface area contributed by atoms with Gasteiger partial charge in [0.1, 0.15) is 5.58 Å². The minimum atomic E-state index is -0.693. The Kier molecular flexibility index (Phi) is 6.11. The zero-order valence-electron chi connectivity index (χ0n) is 16.2. The van der Waals surface area contributed by atoms with Crippen molar-refractivity contribution in [2.75, 3.05) is 18.5 Å². The number of amides is 1. The fourth-order valence-electron chi connectivity index (χ4n) is 2.82. The molecule has 0 atom stereocenters. The lowest BCUT2D eigenvalue weighted by Crippen LogP contribution is -2.21. The third kappa shape index (κ3) is 4.40. The number of rotatable bonds is 7. The fraction of sp³-hybridized carbons (Fsp3) is 0.273. The van der Waals surface area contributed by atoms with E-state index in [4.69, 9.17) is 13.9 Å². The van der Waals surface area contributed by atoms with Crippen molar-refractivity contribution in [3.63, 3.8) is 0 Å². The number of nitrogens with one attached hydrogen (secondary N) is 1. The Morgan fingerprint density at radius 2 is 1.86 bits per heavy atom. The van der Waals surface area contributed by atoms with Crippen LogP contribution in [0.4, 0.5) is 5.69 Å². The number of fused-ring (bicyclic) bond motifs is 1. The third-order valence-electron chi connectivity index (χ3n) is 4.46. The topological polar surface area (TPSA) is 77.8 Å². The first-order chi connectivity index (χ1) is 13.5. The highest BCUT2D eigenvalue weighted by Crippen LogP contribution is 2.27. The van der Waals surface area contributed by atoms with Gasteiger partial charge in [-0.15, -0.1) is 0 Å². The minimum Gasteiger partial charge on any atom is -0.450 e. The molecule has 2 aromatic carbocycles. The van der Waals surface area contributed by atoms with Gasteiger partial charge in [0.05, 0.1) is 6.61 Å². The summed E-state index contributed by atoms with van der Waals surface area (Å²) in [6.45, 7) is 6.16. The number of esters is 1. The predicted octanol–water partition coefficient (Wildman–Crippen LogP) is 4.38. The number of benzene rings is 2. The molecule has 6 nitrogen and oxygen atoms in total. The molecule has 3 rings (SSSR count). The quantitative estimate of drug-likeness (QED) is 0.615. The largest absolute Gasteiger partial charge is 0.450 e. The second-order valence-corrected chi connectivity index (χ2v) is 6.47. The van der Waals surface area contributed by atoms with Crippen LogP contribution in [-0.4, -0.2) is 25.1 Å². The number of aryl methyl sites for hydroxylation is 2. The molecule has 1 aromatic heterocycles. The number of anilines is 1. The lowest BCUT2D eigenvalue weighted by Gasteiger charge is -2.08. The van der Waals surface area contributed by atoms with Crippen LogP contribution in [0.15, 0.2) is 46.9 Å². The maximum Gasteiger partial charge on any atom is 0.375 e. The summed E-state index contributed by atoms with van der Waals surface area (Å²) in [6, 6.07) is 12.9. The lowest BCUT2D eigenvalue weighted by atomic mass is 10.1. The maximum absolute atomic E-state index is 12.5. The van der Waals surface area contributed by atoms with Gasteiger partial charge >= 0.3 is 5.97 Å². The van der Waals surface area contributed by atoms with Gasteiger partial charge in [-0.1, -0.05) is 24.3 Å². The van der Waals surface area contributed by atoms with Crippen molar-refractivity contribution in [1.29, 1.82) is 0 Å². The van der Waals surface area contributed by atoms with Gasteiger partial charge in [0.25, 0.3) is 5.91 Å². The first kappa shape index (κ1) is 19.6. The maximum atomic E-state index is 12.5. The van der Waals surface area contributed by atoms with E-state index in [0.29, 0.717) is 23.4 Å². The van der Waals surface area contributed by atoms with E-state index in [2.05, 4.69) is 5.32 Å². The van der Waals surface area contributed by atoms with Crippen molar-refractivity contribution in [1.82, 2.24) is 0 Å². The molecule has 0 fully saturated rings. The van der Waals surface area contributed by atoms with Crippen molar-refractivity contribution < 1.29 is 23.5 Å². The van der Waals surface area contributed by atoms with E-state index < -0.39 is 18.5 Å². The average molecular weight is 381 g/mol. The highest BCUT2D eigenvalue weighted by atomic mass is 16.5. The molecular formula is C22H23NO5. The Morgan fingerprint density at radius 3 is 2.61 bits per heavy atom. The Hall–Kier alpha value is -3.12. The predicted molar refractivity (Wildman–Crippen MR) is 106 cm³/mol. The number of carbonyl (C=O) groups excluding carboxylic acids is 2. The van der Waals surface area contributed by atoms with Crippen LogP contribution in [0, 0.1) is 13.8 Å². The molecule has 0 spiro atoms. The first-order valence-electron chi connectivity index (χ1n) is 9.12. The van der Waals surface area contributed by atoms with Gasteiger partial charge in [-0.2, -0.15) is 0 Å². The summed E-state index contributed by atoms with van der Waals surface area (Å²) in [5.74, 6) is -1.05. The van der Waals surface area contributed by atoms with E-state index in [-0.39, 0.29) is 12.4 Å². The van der Waals surface area contributed by atoms with Gasteiger partial charge in [-0.3, -0.25) is 4.79 Å². The van der Waals surface area contributed by atoms with Crippen LogP contribution in [-0.2, 0) is 20.9 Å². The Labute approximate surface area is 163 Å². The number of hydrogen-bond acceptors (Lipinski definition) is 5. The summed E-state index contributed by atoms with van der Waals surface area (Å²) in [5, 5.41) is 3.51. The monoisotopic (exact) mass is 381 g/mol. The smallest absolute Gasteiger partial charge is 0.375 e. The summed E-state index contributed by atoms with van der Waals surface area (Å²) >= 11 is 0. The van der Waals surface area contributed by atoms with Crippen molar-refractivity contribution in [2.24, 2.45) is 0 Å². The SMILES string of the molecule is CCOCc1c(C(=O)OCC(=O)Nc2ccc(C)c(C)c2)oc2ccccc12. The molecule has 6 heteroatoms. The van der Waals surface area contributed by atoms with E-state index in [1.54, 1.807) is 6.07 Å². The molecule has 0 aliphatic heterocycles. The van der Waals surface area contributed by atoms with E-state index in [1.165, 1.54) is 0 Å². The zero-order valence-corrected chi connectivity index (χ0v) is 16.2. The molecule has 146 valence electrons. The first-order valence-corrected chi connectivity index (χ1v) is 9.12. The van der Waals surface area contributed by atoms with Crippen LogP contribution in [0.1, 0.15) is 34.2 Å². The number of furan rings is 1. The van der Waals surface area contributed by atoms with Gasteiger partial charge in [0.2, 0.25) is 5.76 Å². The van der Waals surface area contributed by atoms with Crippen molar-refractivity contribution in [2.45, 2.75) is 27.4 Å². The lowest BCUT2D eigenvalue weighted by molar-refractivity contribution is -0.119. The summed E-state index contributed by atoms with van der Waals surface area (Å²) in [6.07, 6.45) is 0. The third-order valence-corrected chi connectivity index (χ3v) is 4.46. The van der Waals surface area contributed by atoms with Crippen molar-refractivity contribution in [3.8, 4) is 0 Å². The summed E-state index contributed by atoms with van der Waals surface area (Å²) in [5.41, 5.74) is 4.06. The molecule has 1 N–H and O–H groups in total. The van der Waals surface area contributed by atoms with Gasteiger partial charge in [0, 0.05) is 23.2 Å². The van der Waals surface area contributed by atoms with Gasteiger partial charge in [-0.25, -0.2) is 4.79 Å². The molecule has 0 saturated heterocycles. The highest BCUT2D eigenvalue weighted by molar-refractivity contribution is 5.98. The molecule has 0 radical (unpaired) electrons. The minimum absolute atomic E-state index is 0.0635. The molecule has 0 aliphatic carbocycles. The van der Waals surface area contributed by atoms with Crippen LogP contribution < -0.4 is 5.32 Å². The number of ether oxygens (including phenoxy) is 2. The standard InChI is InChI=1S/C22H23NO5/c1-4-26-12-18-17-7-5-6-8-19(17)28-21(18)22(25)27-13-20(24)23-16-10-9-14(2)15(3)11-16/h5-11H,4,12-13H2,1-3H3,(H,23,24). The second kappa shape index (κ2) is 8.71. The molecule has 0 unspecified atom stereocenters. The van der Waals surface area contributed by atoms with Gasteiger partial charge in [-0.05, 0) is 50.1 Å². The van der Waals surface area contributed by atoms with E-state index in [9.17, 15) is 9.59 Å². The normalized spacial score (nSPS) is 10.8. The Morgan fingerprint density at radius 1 is 1.07 bits per heavy atom. The van der Waals surface area contributed by atoms with Crippen LogP contribution in [0.25, 0.3) is 11.0 Å². The van der Waals surface area contributed by atoms with Gasteiger partial charge < -0.3 is 19.2 Å². The van der Waals surface area contributed by atoms with Crippen LogP contribution >= 0.6 is 0 Å². The van der Waals surface area contributed by atoms with E-state index in [0.717, 1.165) is 16.5 Å². The molecule has 28 heavy (non-hydrogen) atoms. The summed E-state index contributed by atoms with van der Waals surface area (Å²) in [4.78, 5) is 24.6. The van der Waals surface area contributed by atoms with Crippen molar-refractivity contribution in [3.05, 3.63) is 64.9 Å². The Balaban J connectivity index is 1.68. The van der Waals surface area contributed by atoms with Gasteiger partial charge in [0.15, 0.2) is 6.61 Å². The number of hydrogen-bond donors (Lipinski definition) is 1. The zero-order chi connectivity index (χ0) is 20.1. The summed E-state index contributed by atoms with van der Waals surface area (Å²) < 4.78 is 16.3. The molecule has 1 heterocycles. The fourth-order valence-corrected chi connectivity index (χ4v) is 2.82. The van der Waals surface area contributed by atoms with Crippen molar-refractivity contribution >= 4 is 28.5 Å². The molecule has 3 aromatic rings. The Bertz CT molecular complexity index is 1010. The number of para-hydroxylation sites is 1. The molecule has 0 aliphatic rings. The highest BCUT2D eigenvalue weighted by Gasteiger charge is 2.22. The average Bonchev–Trinajstić information content (AvgIpc) is 3.06. The molecule has 0 bridgehead atoms. The second-order valence-electron chi connectivity index (χ2n) is 6.47. The van der Waals surface area contributed by atoms with E-state index >= 15 is 0 Å². The molecular weight excluding hydrogens is 358 g/mol. The van der Waals surface area contributed by atoms with Crippen LogP contribution in [0.5, 0.6) is 0 Å². The summed E-state index contributed by atoms with van der Waals surface area (Å²) in [7, 11) is 0. The van der Waals surface area contributed by atoms with E-state index in [1.807, 2.05) is 57.2 Å². The molecule has 0 saturated carbocycles.